The Bertz CT molecular complexity index is 426. The van der Waals surface area contributed by atoms with Gasteiger partial charge in [0.2, 0.25) is 0 Å². The smallest absolute Gasteiger partial charge is 0.341 e. The second kappa shape index (κ2) is 4.69. The van der Waals surface area contributed by atoms with E-state index in [2.05, 4.69) is 16.9 Å². The summed E-state index contributed by atoms with van der Waals surface area (Å²) in [7, 11) is 0. The van der Waals surface area contributed by atoms with Crippen molar-refractivity contribution in [3.8, 4) is 0 Å². The maximum Gasteiger partial charge on any atom is 0.341 e. The fourth-order valence-corrected chi connectivity index (χ4v) is 2.29. The summed E-state index contributed by atoms with van der Waals surface area (Å²) in [6.45, 7) is 2.25. The van der Waals surface area contributed by atoms with Crippen molar-refractivity contribution < 1.29 is 9.90 Å². The number of nitrogens with two attached hydrogens (primary N) is 1. The molecule has 1 aliphatic carbocycles. The lowest BCUT2D eigenvalue weighted by Crippen LogP contribution is -2.15. The Labute approximate surface area is 100 Å². The molecule has 1 aromatic rings. The minimum Gasteiger partial charge on any atom is -0.477 e. The molecule has 0 bridgehead atoms. The van der Waals surface area contributed by atoms with Gasteiger partial charge in [-0.2, -0.15) is 0 Å². The van der Waals surface area contributed by atoms with Crippen molar-refractivity contribution >= 4 is 11.8 Å². The maximum atomic E-state index is 10.8. The second-order valence-corrected chi connectivity index (χ2v) is 4.79. The van der Waals surface area contributed by atoms with Gasteiger partial charge in [0, 0.05) is 12.1 Å². The molecule has 5 heteroatoms. The first-order chi connectivity index (χ1) is 8.08. The van der Waals surface area contributed by atoms with Crippen LogP contribution in [-0.2, 0) is 0 Å². The van der Waals surface area contributed by atoms with Gasteiger partial charge in [-0.05, 0) is 18.8 Å². The Hall–Kier alpha value is -1.65. The molecular formula is C12H17N3O2. The predicted molar refractivity (Wildman–Crippen MR) is 63.8 cm³/mol. The number of carboxylic acids is 1. The van der Waals surface area contributed by atoms with E-state index < -0.39 is 5.97 Å². The minimum absolute atomic E-state index is 0.0158. The van der Waals surface area contributed by atoms with Gasteiger partial charge >= 0.3 is 5.97 Å². The maximum absolute atomic E-state index is 10.8. The van der Waals surface area contributed by atoms with Crippen molar-refractivity contribution in [2.75, 3.05) is 5.73 Å². The highest BCUT2D eigenvalue weighted by atomic mass is 16.4. The molecule has 1 aliphatic rings. The summed E-state index contributed by atoms with van der Waals surface area (Å²) in [5.74, 6) is 0.782. The van der Waals surface area contributed by atoms with E-state index >= 15 is 0 Å². The molecule has 0 atom stereocenters. The van der Waals surface area contributed by atoms with Crippen LogP contribution >= 0.6 is 0 Å². The summed E-state index contributed by atoms with van der Waals surface area (Å²) in [6.07, 6.45) is 5.79. The van der Waals surface area contributed by atoms with Crippen molar-refractivity contribution in [2.24, 2.45) is 5.92 Å². The van der Waals surface area contributed by atoms with Crippen LogP contribution in [0.4, 0.5) is 5.82 Å². The SMILES string of the molecule is CC1CCC(c2ncc(C(=O)O)c(N)n2)CC1. The van der Waals surface area contributed by atoms with Crippen LogP contribution in [0.1, 0.15) is 54.7 Å². The highest BCUT2D eigenvalue weighted by Crippen LogP contribution is 2.34. The number of hydrogen-bond acceptors (Lipinski definition) is 4. The van der Waals surface area contributed by atoms with Crippen molar-refractivity contribution in [1.29, 1.82) is 0 Å². The molecule has 0 aromatic carbocycles. The quantitative estimate of drug-likeness (QED) is 0.818. The molecule has 1 fully saturated rings. The zero-order chi connectivity index (χ0) is 12.4. The van der Waals surface area contributed by atoms with Crippen LogP contribution in [0.5, 0.6) is 0 Å². The van der Waals surface area contributed by atoms with Gasteiger partial charge in [-0.3, -0.25) is 0 Å². The molecule has 0 unspecified atom stereocenters. The van der Waals surface area contributed by atoms with Crippen LogP contribution in [0.15, 0.2) is 6.20 Å². The standard InChI is InChI=1S/C12H17N3O2/c1-7-2-4-8(5-3-7)11-14-6-9(12(16)17)10(13)15-11/h6-8H,2-5H2,1H3,(H,16,17)(H2,13,14,15). The van der Waals surface area contributed by atoms with Gasteiger partial charge in [-0.15, -0.1) is 0 Å². The zero-order valence-corrected chi connectivity index (χ0v) is 9.89. The molecule has 1 aromatic heterocycles. The van der Waals surface area contributed by atoms with E-state index in [0.29, 0.717) is 11.7 Å². The van der Waals surface area contributed by atoms with Crippen LogP contribution in [0.25, 0.3) is 0 Å². The number of nitrogens with zero attached hydrogens (tertiary/aromatic N) is 2. The summed E-state index contributed by atoms with van der Waals surface area (Å²) < 4.78 is 0. The highest BCUT2D eigenvalue weighted by molar-refractivity contribution is 5.92. The van der Waals surface area contributed by atoms with Crippen molar-refractivity contribution in [1.82, 2.24) is 9.97 Å². The normalized spacial score (nSPS) is 24.5. The summed E-state index contributed by atoms with van der Waals surface area (Å²) >= 11 is 0. The Balaban J connectivity index is 2.17. The van der Waals surface area contributed by atoms with Crippen LogP contribution in [0.3, 0.4) is 0 Å². The van der Waals surface area contributed by atoms with Crippen molar-refractivity contribution in [3.05, 3.63) is 17.6 Å². The first kappa shape index (κ1) is 11.8. The first-order valence-electron chi connectivity index (χ1n) is 5.93. The van der Waals surface area contributed by atoms with Gasteiger partial charge in [0.05, 0.1) is 0 Å². The van der Waals surface area contributed by atoms with Crippen LogP contribution < -0.4 is 5.73 Å². The molecule has 92 valence electrons. The largest absolute Gasteiger partial charge is 0.477 e. The highest BCUT2D eigenvalue weighted by Gasteiger charge is 2.23. The van der Waals surface area contributed by atoms with Crippen LogP contribution in [0, 0.1) is 5.92 Å². The summed E-state index contributed by atoms with van der Waals surface area (Å²) in [6, 6.07) is 0. The lowest BCUT2D eigenvalue weighted by atomic mass is 9.82. The first-order valence-corrected chi connectivity index (χ1v) is 5.93. The number of hydrogen-bond donors (Lipinski definition) is 2. The summed E-state index contributed by atoms with van der Waals surface area (Å²) in [5, 5.41) is 8.84. The third kappa shape index (κ3) is 2.54. The van der Waals surface area contributed by atoms with Crippen LogP contribution in [-0.4, -0.2) is 21.0 Å². The van der Waals surface area contributed by atoms with Gasteiger partial charge in [-0.25, -0.2) is 14.8 Å². The van der Waals surface area contributed by atoms with Gasteiger partial charge in [0.25, 0.3) is 0 Å². The summed E-state index contributed by atoms with van der Waals surface area (Å²) in [4.78, 5) is 19.1. The van der Waals surface area contributed by atoms with E-state index in [1.807, 2.05) is 0 Å². The van der Waals surface area contributed by atoms with E-state index in [9.17, 15) is 4.79 Å². The predicted octanol–water partition coefficient (Wildman–Crippen LogP) is 2.05. The molecule has 0 radical (unpaired) electrons. The number of nitrogen functional groups attached to an aromatic ring is 1. The van der Waals surface area contributed by atoms with E-state index in [-0.39, 0.29) is 11.4 Å². The molecule has 3 N–H and O–H groups in total. The van der Waals surface area contributed by atoms with Gasteiger partial charge in [0.15, 0.2) is 0 Å². The van der Waals surface area contributed by atoms with Gasteiger partial charge in [-0.1, -0.05) is 19.8 Å². The molecule has 0 spiro atoms. The minimum atomic E-state index is -1.08. The molecule has 0 aliphatic heterocycles. The monoisotopic (exact) mass is 235 g/mol. The topological polar surface area (TPSA) is 89.1 Å². The molecule has 1 heterocycles. The summed E-state index contributed by atoms with van der Waals surface area (Å²) in [5.41, 5.74) is 5.61. The zero-order valence-electron chi connectivity index (χ0n) is 9.89. The number of carboxylic acid groups (broad SMARTS) is 1. The van der Waals surface area contributed by atoms with Gasteiger partial charge in [0.1, 0.15) is 17.2 Å². The number of aromatic carboxylic acids is 1. The fourth-order valence-electron chi connectivity index (χ4n) is 2.29. The Kier molecular flexibility index (Phi) is 3.26. The van der Waals surface area contributed by atoms with E-state index in [1.54, 1.807) is 0 Å². The van der Waals surface area contributed by atoms with E-state index in [4.69, 9.17) is 10.8 Å². The van der Waals surface area contributed by atoms with Crippen molar-refractivity contribution in [3.63, 3.8) is 0 Å². The van der Waals surface area contributed by atoms with Crippen LogP contribution in [0.2, 0.25) is 0 Å². The van der Waals surface area contributed by atoms with E-state index in [1.165, 1.54) is 19.0 Å². The fraction of sp³-hybridized carbons (Fsp3) is 0.583. The third-order valence-corrected chi connectivity index (χ3v) is 3.45. The number of anilines is 1. The molecule has 5 nitrogen and oxygen atoms in total. The third-order valence-electron chi connectivity index (χ3n) is 3.45. The molecule has 0 saturated heterocycles. The number of aromatic nitrogens is 2. The lowest BCUT2D eigenvalue weighted by Gasteiger charge is -2.25. The molecular weight excluding hydrogens is 218 g/mol. The molecule has 1 saturated carbocycles. The Morgan fingerprint density at radius 1 is 1.41 bits per heavy atom. The lowest BCUT2D eigenvalue weighted by molar-refractivity contribution is 0.0697. The van der Waals surface area contributed by atoms with Gasteiger partial charge < -0.3 is 10.8 Å². The molecule has 2 rings (SSSR count). The average Bonchev–Trinajstić information content (AvgIpc) is 2.29. The average molecular weight is 235 g/mol. The Morgan fingerprint density at radius 3 is 2.59 bits per heavy atom. The Morgan fingerprint density at radius 2 is 2.06 bits per heavy atom. The number of carbonyl (C=O) groups is 1. The second-order valence-electron chi connectivity index (χ2n) is 4.79. The van der Waals surface area contributed by atoms with Crippen molar-refractivity contribution in [2.45, 2.75) is 38.5 Å². The molecule has 0 amide bonds. The number of rotatable bonds is 2. The molecule has 17 heavy (non-hydrogen) atoms. The van der Waals surface area contributed by atoms with E-state index in [0.717, 1.165) is 18.8 Å².